The highest BCUT2D eigenvalue weighted by Crippen LogP contribution is 2.17. The predicted molar refractivity (Wildman–Crippen MR) is 83.1 cm³/mol. The molecule has 0 spiro atoms. The molecule has 0 bridgehead atoms. The molecule has 1 heterocycles. The van der Waals surface area contributed by atoms with Crippen LogP contribution in [0.5, 0.6) is 0 Å². The summed E-state index contributed by atoms with van der Waals surface area (Å²) < 4.78 is 0. The van der Waals surface area contributed by atoms with Gasteiger partial charge in [0.2, 0.25) is 0 Å². The van der Waals surface area contributed by atoms with Gasteiger partial charge in [-0.25, -0.2) is 0 Å². The summed E-state index contributed by atoms with van der Waals surface area (Å²) in [6.07, 6.45) is 3.60. The van der Waals surface area contributed by atoms with E-state index in [9.17, 15) is 9.90 Å². The van der Waals surface area contributed by atoms with Gasteiger partial charge in [-0.2, -0.15) is 11.8 Å². The van der Waals surface area contributed by atoms with Gasteiger partial charge in [0.25, 0.3) is 5.91 Å². The molecule has 0 aliphatic heterocycles. The van der Waals surface area contributed by atoms with Crippen LogP contribution >= 0.6 is 11.8 Å². The van der Waals surface area contributed by atoms with Crippen molar-refractivity contribution in [1.82, 2.24) is 10.3 Å². The molecule has 1 aromatic carbocycles. The first-order chi connectivity index (χ1) is 9.67. The molecule has 0 fully saturated rings. The van der Waals surface area contributed by atoms with E-state index in [0.29, 0.717) is 11.1 Å². The zero-order valence-corrected chi connectivity index (χ0v) is 12.4. The van der Waals surface area contributed by atoms with Crippen LogP contribution in [0.25, 0.3) is 10.9 Å². The Morgan fingerprint density at radius 3 is 2.85 bits per heavy atom. The molecule has 0 saturated carbocycles. The molecular formula is C15H18N2O2S. The number of para-hydroxylation sites is 1. The average molecular weight is 290 g/mol. The van der Waals surface area contributed by atoms with Crippen LogP contribution in [0.3, 0.4) is 0 Å². The quantitative estimate of drug-likeness (QED) is 0.885. The van der Waals surface area contributed by atoms with Crippen LogP contribution < -0.4 is 5.32 Å². The van der Waals surface area contributed by atoms with E-state index in [4.69, 9.17) is 0 Å². The van der Waals surface area contributed by atoms with Crippen LogP contribution in [0.15, 0.2) is 36.5 Å². The number of carbonyl (C=O) groups excluding carboxylic acids is 1. The van der Waals surface area contributed by atoms with Crippen LogP contribution in [0.1, 0.15) is 17.3 Å². The van der Waals surface area contributed by atoms with Crippen molar-refractivity contribution in [3.8, 4) is 0 Å². The lowest BCUT2D eigenvalue weighted by Crippen LogP contribution is -2.41. The number of nitrogens with one attached hydrogen (secondary N) is 1. The molecule has 2 rings (SSSR count). The molecule has 0 saturated heterocycles. The molecule has 5 heteroatoms. The molecule has 106 valence electrons. The molecule has 0 aliphatic carbocycles. The van der Waals surface area contributed by atoms with E-state index in [1.54, 1.807) is 12.3 Å². The molecule has 1 amide bonds. The molecule has 2 N–H and O–H groups in total. The van der Waals surface area contributed by atoms with Gasteiger partial charge in [-0.3, -0.25) is 9.78 Å². The molecule has 4 nitrogen and oxygen atoms in total. The number of aliphatic hydroxyl groups is 1. The van der Waals surface area contributed by atoms with Crippen molar-refractivity contribution in [2.24, 2.45) is 0 Å². The summed E-state index contributed by atoms with van der Waals surface area (Å²) in [6, 6.07) is 9.22. The van der Waals surface area contributed by atoms with Gasteiger partial charge in [-0.05, 0) is 25.3 Å². The summed E-state index contributed by atoms with van der Waals surface area (Å²) in [5, 5.41) is 13.1. The molecular weight excluding hydrogens is 272 g/mol. The van der Waals surface area contributed by atoms with Gasteiger partial charge in [0.05, 0.1) is 17.7 Å². The minimum absolute atomic E-state index is 0.0121. The van der Waals surface area contributed by atoms with Gasteiger partial charge in [-0.1, -0.05) is 18.2 Å². The highest BCUT2D eigenvalue weighted by Gasteiger charge is 2.19. The molecule has 0 aliphatic rings. The topological polar surface area (TPSA) is 62.2 Å². The third-order valence-electron chi connectivity index (χ3n) is 3.28. The zero-order chi connectivity index (χ0) is 14.5. The second-order valence-electron chi connectivity index (χ2n) is 4.60. The van der Waals surface area contributed by atoms with Gasteiger partial charge >= 0.3 is 0 Å². The molecule has 2 atom stereocenters. The first-order valence-corrected chi connectivity index (χ1v) is 7.74. The van der Waals surface area contributed by atoms with Gasteiger partial charge in [0, 0.05) is 22.9 Å². The maximum absolute atomic E-state index is 12.4. The number of hydrogen-bond donors (Lipinski definition) is 2. The summed E-state index contributed by atoms with van der Waals surface area (Å²) in [5.41, 5.74) is 1.26. The van der Waals surface area contributed by atoms with E-state index in [1.165, 1.54) is 11.8 Å². The number of nitrogens with zero attached hydrogens (tertiary/aromatic N) is 1. The average Bonchev–Trinajstić information content (AvgIpc) is 2.47. The Balaban J connectivity index is 2.24. The van der Waals surface area contributed by atoms with Crippen molar-refractivity contribution in [3.63, 3.8) is 0 Å². The van der Waals surface area contributed by atoms with Crippen LogP contribution in [0.2, 0.25) is 0 Å². The summed E-state index contributed by atoms with van der Waals surface area (Å²) in [6.45, 7) is 1.93. The number of benzene rings is 1. The number of aliphatic hydroxyl groups excluding tert-OH is 1. The summed E-state index contributed by atoms with van der Waals surface area (Å²) in [7, 11) is 0. The summed E-state index contributed by atoms with van der Waals surface area (Å²) in [4.78, 5) is 16.6. The van der Waals surface area contributed by atoms with Crippen molar-refractivity contribution >= 4 is 28.6 Å². The Morgan fingerprint density at radius 2 is 2.15 bits per heavy atom. The van der Waals surface area contributed by atoms with Crippen molar-refractivity contribution in [2.45, 2.75) is 18.2 Å². The van der Waals surface area contributed by atoms with E-state index in [-0.39, 0.29) is 23.8 Å². The van der Waals surface area contributed by atoms with Crippen molar-refractivity contribution in [3.05, 3.63) is 42.1 Å². The Labute approximate surface area is 122 Å². The van der Waals surface area contributed by atoms with Crippen molar-refractivity contribution < 1.29 is 9.90 Å². The number of fused-ring (bicyclic) bond motifs is 1. The fourth-order valence-corrected chi connectivity index (χ4v) is 2.73. The first kappa shape index (κ1) is 14.8. The van der Waals surface area contributed by atoms with Gasteiger partial charge < -0.3 is 10.4 Å². The SMILES string of the molecule is CSC(CO)C(C)NC(=O)c1cccc2cccnc12. The fourth-order valence-electron chi connectivity index (χ4n) is 2.10. The highest BCUT2D eigenvalue weighted by atomic mass is 32.2. The van der Waals surface area contributed by atoms with Gasteiger partial charge in [0.1, 0.15) is 0 Å². The van der Waals surface area contributed by atoms with Crippen molar-refractivity contribution in [2.75, 3.05) is 12.9 Å². The van der Waals surface area contributed by atoms with Gasteiger partial charge in [0.15, 0.2) is 0 Å². The number of carbonyl (C=O) groups is 1. The Hall–Kier alpha value is -1.59. The number of pyridine rings is 1. The smallest absolute Gasteiger partial charge is 0.253 e. The van der Waals surface area contributed by atoms with E-state index < -0.39 is 0 Å². The number of rotatable bonds is 5. The third kappa shape index (κ3) is 3.11. The standard InChI is InChI=1S/C15H18N2O2S/c1-10(13(9-18)20-2)17-15(19)12-7-3-5-11-6-4-8-16-14(11)12/h3-8,10,13,18H,9H2,1-2H3,(H,17,19). The predicted octanol–water partition coefficient (Wildman–Crippen LogP) is 2.08. The zero-order valence-electron chi connectivity index (χ0n) is 11.5. The van der Waals surface area contributed by atoms with E-state index in [2.05, 4.69) is 10.3 Å². The maximum Gasteiger partial charge on any atom is 0.253 e. The summed E-state index contributed by atoms with van der Waals surface area (Å²) in [5.74, 6) is -0.158. The van der Waals surface area contributed by atoms with Crippen LogP contribution in [0.4, 0.5) is 0 Å². The third-order valence-corrected chi connectivity index (χ3v) is 4.44. The maximum atomic E-state index is 12.4. The Bertz CT molecular complexity index is 594. The lowest BCUT2D eigenvalue weighted by atomic mass is 10.1. The second-order valence-corrected chi connectivity index (χ2v) is 5.68. The molecule has 2 aromatic rings. The van der Waals surface area contributed by atoms with E-state index in [1.807, 2.05) is 37.4 Å². The number of thioether (sulfide) groups is 1. The minimum atomic E-state index is -0.158. The first-order valence-electron chi connectivity index (χ1n) is 6.45. The second kappa shape index (κ2) is 6.72. The normalized spacial score (nSPS) is 13.9. The van der Waals surface area contributed by atoms with Crippen LogP contribution in [0, 0.1) is 0 Å². The van der Waals surface area contributed by atoms with Crippen molar-refractivity contribution in [1.29, 1.82) is 0 Å². The number of amides is 1. The summed E-state index contributed by atoms with van der Waals surface area (Å²) >= 11 is 1.54. The lowest BCUT2D eigenvalue weighted by Gasteiger charge is -2.21. The van der Waals surface area contributed by atoms with Gasteiger partial charge in [-0.15, -0.1) is 0 Å². The molecule has 1 aromatic heterocycles. The monoisotopic (exact) mass is 290 g/mol. The fraction of sp³-hybridized carbons (Fsp3) is 0.333. The largest absolute Gasteiger partial charge is 0.395 e. The number of aromatic nitrogens is 1. The highest BCUT2D eigenvalue weighted by molar-refractivity contribution is 7.99. The van der Waals surface area contributed by atoms with Crippen LogP contribution in [-0.2, 0) is 0 Å². The van der Waals surface area contributed by atoms with Crippen LogP contribution in [-0.4, -0.2) is 40.2 Å². The minimum Gasteiger partial charge on any atom is -0.395 e. The molecule has 20 heavy (non-hydrogen) atoms. The Morgan fingerprint density at radius 1 is 1.40 bits per heavy atom. The van der Waals surface area contributed by atoms with E-state index >= 15 is 0 Å². The molecule has 0 radical (unpaired) electrons. The Kier molecular flexibility index (Phi) is 4.98. The van der Waals surface area contributed by atoms with E-state index in [0.717, 1.165) is 5.39 Å². The number of hydrogen-bond acceptors (Lipinski definition) is 4. The molecule has 2 unspecified atom stereocenters. The lowest BCUT2D eigenvalue weighted by molar-refractivity contribution is 0.0937.